The molecule has 0 fully saturated rings. The zero-order valence-electron chi connectivity index (χ0n) is 5.91. The summed E-state index contributed by atoms with van der Waals surface area (Å²) in [6.07, 6.45) is 0. The topological polar surface area (TPSA) is 83.6 Å². The second-order valence-corrected chi connectivity index (χ2v) is 3.36. The minimum Gasteiger partial charge on any atom is -0.506 e. The fourth-order valence-corrected chi connectivity index (χ4v) is 1.42. The van der Waals surface area contributed by atoms with Crippen LogP contribution in [-0.4, -0.2) is 16.2 Å². The highest BCUT2D eigenvalue weighted by Gasteiger charge is 2.10. The molecular formula is C7H6INO3. The number of benzene rings is 1. The fourth-order valence-electron chi connectivity index (χ4n) is 0.743. The molecule has 0 heterocycles. The average Bonchev–Trinajstić information content (AvgIpc) is 1.96. The summed E-state index contributed by atoms with van der Waals surface area (Å²) in [7, 11) is 0. The smallest absolute Gasteiger partial charge is 0.336 e. The van der Waals surface area contributed by atoms with Crippen molar-refractivity contribution in [3.8, 4) is 5.75 Å². The fraction of sp³-hybridized carbons (Fsp3) is 0. The third-order valence-electron chi connectivity index (χ3n) is 1.35. The van der Waals surface area contributed by atoms with Gasteiger partial charge in [0.05, 0.1) is 11.3 Å². The number of aromatic carboxylic acids is 1. The first kappa shape index (κ1) is 9.11. The Morgan fingerprint density at radius 3 is 2.58 bits per heavy atom. The summed E-state index contributed by atoms with van der Waals surface area (Å²) in [5.74, 6) is -1.14. The van der Waals surface area contributed by atoms with Crippen molar-refractivity contribution in [2.24, 2.45) is 0 Å². The number of phenolic OH excluding ortho intramolecular Hbond substituents is 1. The van der Waals surface area contributed by atoms with Crippen LogP contribution in [0.5, 0.6) is 5.75 Å². The Labute approximate surface area is 82.1 Å². The van der Waals surface area contributed by atoms with Gasteiger partial charge in [0.1, 0.15) is 5.75 Å². The van der Waals surface area contributed by atoms with Gasteiger partial charge < -0.3 is 15.9 Å². The van der Waals surface area contributed by atoms with Crippen molar-refractivity contribution in [2.45, 2.75) is 0 Å². The Kier molecular flexibility index (Phi) is 2.41. The van der Waals surface area contributed by atoms with Crippen LogP contribution in [0.2, 0.25) is 0 Å². The lowest BCUT2D eigenvalue weighted by Crippen LogP contribution is -2.01. The van der Waals surface area contributed by atoms with E-state index in [9.17, 15) is 4.79 Å². The number of halogens is 1. The summed E-state index contributed by atoms with van der Waals surface area (Å²) < 4.78 is 0.465. The van der Waals surface area contributed by atoms with Crippen molar-refractivity contribution in [1.29, 1.82) is 0 Å². The number of anilines is 1. The molecule has 0 radical (unpaired) electrons. The number of rotatable bonds is 1. The molecule has 0 amide bonds. The number of nitrogen functional groups attached to an aromatic ring is 1. The molecule has 0 atom stereocenters. The molecule has 1 aromatic rings. The maximum atomic E-state index is 10.5. The Bertz CT molecular complexity index is 338. The lowest BCUT2D eigenvalue weighted by molar-refractivity contribution is 0.0696. The van der Waals surface area contributed by atoms with E-state index in [-0.39, 0.29) is 17.0 Å². The molecule has 4 N–H and O–H groups in total. The first-order chi connectivity index (χ1) is 5.52. The first-order valence-electron chi connectivity index (χ1n) is 3.03. The number of hydrogen-bond acceptors (Lipinski definition) is 3. The molecule has 0 saturated carbocycles. The Morgan fingerprint density at radius 1 is 1.50 bits per heavy atom. The van der Waals surface area contributed by atoms with Gasteiger partial charge in [-0.1, -0.05) is 0 Å². The van der Waals surface area contributed by atoms with Crippen molar-refractivity contribution in [2.75, 3.05) is 5.73 Å². The predicted molar refractivity (Wildman–Crippen MR) is 52.2 cm³/mol. The lowest BCUT2D eigenvalue weighted by Gasteiger charge is -2.02. The number of nitrogens with two attached hydrogens (primary N) is 1. The van der Waals surface area contributed by atoms with Gasteiger partial charge in [0.25, 0.3) is 0 Å². The van der Waals surface area contributed by atoms with Crippen molar-refractivity contribution < 1.29 is 15.0 Å². The molecular weight excluding hydrogens is 273 g/mol. The van der Waals surface area contributed by atoms with Crippen LogP contribution in [0.3, 0.4) is 0 Å². The summed E-state index contributed by atoms with van der Waals surface area (Å²) in [6.45, 7) is 0. The average molecular weight is 279 g/mol. The summed E-state index contributed by atoms with van der Waals surface area (Å²) in [6, 6.07) is 2.55. The van der Waals surface area contributed by atoms with E-state index >= 15 is 0 Å². The Morgan fingerprint density at radius 2 is 2.08 bits per heavy atom. The van der Waals surface area contributed by atoms with E-state index in [1.807, 2.05) is 22.6 Å². The second kappa shape index (κ2) is 3.18. The molecule has 0 spiro atoms. The van der Waals surface area contributed by atoms with Gasteiger partial charge in [-0.2, -0.15) is 0 Å². The van der Waals surface area contributed by atoms with Crippen molar-refractivity contribution in [3.05, 3.63) is 21.3 Å². The highest BCUT2D eigenvalue weighted by molar-refractivity contribution is 14.1. The highest BCUT2D eigenvalue weighted by atomic mass is 127. The van der Waals surface area contributed by atoms with Crippen LogP contribution in [0.25, 0.3) is 0 Å². The summed E-state index contributed by atoms with van der Waals surface area (Å²) in [5.41, 5.74) is 5.49. The van der Waals surface area contributed by atoms with Crippen LogP contribution in [0.4, 0.5) is 5.69 Å². The molecule has 1 aromatic carbocycles. The number of carbonyl (C=O) groups is 1. The van der Waals surface area contributed by atoms with E-state index in [2.05, 4.69) is 0 Å². The summed E-state index contributed by atoms with van der Waals surface area (Å²) in [5, 5.41) is 17.7. The SMILES string of the molecule is Nc1cc(C(=O)O)c(I)cc1O. The molecule has 0 unspecified atom stereocenters. The van der Waals surface area contributed by atoms with Crippen molar-refractivity contribution in [3.63, 3.8) is 0 Å². The molecule has 0 bridgehead atoms. The van der Waals surface area contributed by atoms with Gasteiger partial charge >= 0.3 is 5.97 Å². The van der Waals surface area contributed by atoms with E-state index in [1.54, 1.807) is 0 Å². The van der Waals surface area contributed by atoms with E-state index in [1.165, 1.54) is 12.1 Å². The number of carboxylic acid groups (broad SMARTS) is 1. The first-order valence-corrected chi connectivity index (χ1v) is 4.11. The number of aromatic hydroxyl groups is 1. The third-order valence-corrected chi connectivity index (χ3v) is 2.24. The largest absolute Gasteiger partial charge is 0.506 e. The van der Waals surface area contributed by atoms with Crippen molar-refractivity contribution in [1.82, 2.24) is 0 Å². The number of hydrogen-bond donors (Lipinski definition) is 3. The quantitative estimate of drug-likeness (QED) is 0.411. The van der Waals surface area contributed by atoms with Crippen LogP contribution in [0.1, 0.15) is 10.4 Å². The summed E-state index contributed by atoms with van der Waals surface area (Å²) in [4.78, 5) is 10.5. The lowest BCUT2D eigenvalue weighted by atomic mass is 10.2. The highest BCUT2D eigenvalue weighted by Crippen LogP contribution is 2.25. The molecule has 4 nitrogen and oxygen atoms in total. The van der Waals surface area contributed by atoms with Crippen LogP contribution < -0.4 is 5.73 Å². The van der Waals surface area contributed by atoms with Gasteiger partial charge in [-0.3, -0.25) is 0 Å². The predicted octanol–water partition coefficient (Wildman–Crippen LogP) is 1.28. The molecule has 5 heteroatoms. The molecule has 0 saturated heterocycles. The molecule has 0 aromatic heterocycles. The third kappa shape index (κ3) is 1.60. The van der Waals surface area contributed by atoms with E-state index in [0.717, 1.165) is 0 Å². The zero-order valence-corrected chi connectivity index (χ0v) is 8.07. The van der Waals surface area contributed by atoms with Gasteiger partial charge in [0.15, 0.2) is 0 Å². The van der Waals surface area contributed by atoms with E-state index in [0.29, 0.717) is 3.57 Å². The molecule has 0 aliphatic rings. The minimum absolute atomic E-state index is 0.0767. The molecule has 0 aliphatic carbocycles. The van der Waals surface area contributed by atoms with Crippen molar-refractivity contribution >= 4 is 34.2 Å². The maximum absolute atomic E-state index is 10.5. The molecule has 64 valence electrons. The standard InChI is InChI=1S/C7H6INO3/c8-4-2-6(10)5(9)1-3(4)7(11)12/h1-2,10H,9H2,(H,11,12). The number of carboxylic acids is 1. The molecule has 12 heavy (non-hydrogen) atoms. The van der Waals surface area contributed by atoms with Crippen LogP contribution in [-0.2, 0) is 0 Å². The normalized spacial score (nSPS) is 9.75. The molecule has 1 rings (SSSR count). The van der Waals surface area contributed by atoms with Gasteiger partial charge in [0.2, 0.25) is 0 Å². The number of phenols is 1. The van der Waals surface area contributed by atoms with Gasteiger partial charge in [-0.15, -0.1) is 0 Å². The van der Waals surface area contributed by atoms with Crippen LogP contribution in [0.15, 0.2) is 12.1 Å². The monoisotopic (exact) mass is 279 g/mol. The Hall–Kier alpha value is -0.980. The van der Waals surface area contributed by atoms with Gasteiger partial charge in [-0.25, -0.2) is 4.79 Å². The van der Waals surface area contributed by atoms with E-state index in [4.69, 9.17) is 15.9 Å². The maximum Gasteiger partial charge on any atom is 0.336 e. The summed E-state index contributed by atoms with van der Waals surface area (Å²) >= 11 is 1.82. The van der Waals surface area contributed by atoms with Gasteiger partial charge in [-0.05, 0) is 34.7 Å². The molecule has 0 aliphatic heterocycles. The van der Waals surface area contributed by atoms with Crippen LogP contribution >= 0.6 is 22.6 Å². The minimum atomic E-state index is -1.05. The zero-order chi connectivity index (χ0) is 9.30. The second-order valence-electron chi connectivity index (χ2n) is 2.20. The van der Waals surface area contributed by atoms with Gasteiger partial charge in [0, 0.05) is 3.57 Å². The van der Waals surface area contributed by atoms with E-state index < -0.39 is 5.97 Å². The van der Waals surface area contributed by atoms with Crippen LogP contribution in [0, 0.1) is 3.57 Å². The Balaban J connectivity index is 3.33.